The summed E-state index contributed by atoms with van der Waals surface area (Å²) < 4.78 is 59.7. The Bertz CT molecular complexity index is 1570. The van der Waals surface area contributed by atoms with E-state index in [9.17, 15) is 22.2 Å². The molecule has 3 heterocycles. The third kappa shape index (κ3) is 4.34. The van der Waals surface area contributed by atoms with Gasteiger partial charge in [-0.3, -0.25) is 14.0 Å². The standard InChI is InChI=1S/C24H24F3N5O2S/c1-23(28)9-11-35(34,12-10-23)30-22(33)15-3-8-20-18(13-15)19-14-31(2)29-21(19)32(20)17-6-4-16(5-7-17)24(25,26)27/h3-8,13-14H,9-12,28H2,1-2H3. The number of hydrogen-bond donors (Lipinski definition) is 1. The molecule has 0 atom stereocenters. The summed E-state index contributed by atoms with van der Waals surface area (Å²) in [7, 11) is -0.930. The summed E-state index contributed by atoms with van der Waals surface area (Å²) in [4.78, 5) is 13.0. The molecule has 1 saturated heterocycles. The lowest BCUT2D eigenvalue weighted by Gasteiger charge is -2.30. The van der Waals surface area contributed by atoms with E-state index >= 15 is 0 Å². The number of hydrogen-bond acceptors (Lipinski definition) is 4. The van der Waals surface area contributed by atoms with Gasteiger partial charge in [0.25, 0.3) is 5.91 Å². The summed E-state index contributed by atoms with van der Waals surface area (Å²) in [6.45, 7) is 1.90. The van der Waals surface area contributed by atoms with Gasteiger partial charge in [0, 0.05) is 52.3 Å². The second-order valence-electron chi connectivity index (χ2n) is 9.38. The molecule has 1 fully saturated rings. The van der Waals surface area contributed by atoms with Gasteiger partial charge in [0.05, 0.1) is 20.8 Å². The van der Waals surface area contributed by atoms with Crippen LogP contribution in [0.15, 0.2) is 53.0 Å². The Morgan fingerprint density at radius 1 is 1.11 bits per heavy atom. The van der Waals surface area contributed by atoms with Crippen molar-refractivity contribution in [3.8, 4) is 5.69 Å². The zero-order chi connectivity index (χ0) is 25.2. The number of aryl methyl sites for hydroxylation is 1. The zero-order valence-corrected chi connectivity index (χ0v) is 20.0. The fraction of sp³-hybridized carbons (Fsp3) is 0.333. The number of carbonyl (C=O) groups is 1. The van der Waals surface area contributed by atoms with Crippen LogP contribution >= 0.6 is 0 Å². The van der Waals surface area contributed by atoms with E-state index in [1.807, 2.05) is 6.92 Å². The van der Waals surface area contributed by atoms with Crippen LogP contribution < -0.4 is 5.73 Å². The van der Waals surface area contributed by atoms with Crippen LogP contribution in [0.2, 0.25) is 0 Å². The van der Waals surface area contributed by atoms with Gasteiger partial charge in [-0.2, -0.15) is 22.6 Å². The summed E-state index contributed by atoms with van der Waals surface area (Å²) >= 11 is 0. The molecule has 0 aliphatic carbocycles. The molecule has 4 aromatic rings. The van der Waals surface area contributed by atoms with Crippen molar-refractivity contribution in [2.24, 2.45) is 17.1 Å². The van der Waals surface area contributed by atoms with E-state index in [2.05, 4.69) is 9.46 Å². The molecule has 2 aromatic carbocycles. The monoisotopic (exact) mass is 503 g/mol. The van der Waals surface area contributed by atoms with Crippen LogP contribution in [-0.4, -0.2) is 41.5 Å². The minimum atomic E-state index is -4.43. The fourth-order valence-electron chi connectivity index (χ4n) is 4.39. The van der Waals surface area contributed by atoms with E-state index in [1.165, 1.54) is 12.1 Å². The first-order valence-electron chi connectivity index (χ1n) is 11.1. The topological polar surface area (TPSA) is 95.3 Å². The van der Waals surface area contributed by atoms with Gasteiger partial charge < -0.3 is 5.73 Å². The smallest absolute Gasteiger partial charge is 0.325 e. The van der Waals surface area contributed by atoms with Crippen LogP contribution in [0.4, 0.5) is 13.2 Å². The molecule has 2 aromatic heterocycles. The van der Waals surface area contributed by atoms with Crippen molar-refractivity contribution in [3.63, 3.8) is 0 Å². The summed E-state index contributed by atoms with van der Waals surface area (Å²) in [5.41, 5.74) is 7.01. The van der Waals surface area contributed by atoms with Crippen molar-refractivity contribution in [2.75, 3.05) is 11.5 Å². The van der Waals surface area contributed by atoms with Crippen molar-refractivity contribution < 1.29 is 22.2 Å². The first-order chi connectivity index (χ1) is 16.4. The van der Waals surface area contributed by atoms with Gasteiger partial charge in [-0.15, -0.1) is 0 Å². The van der Waals surface area contributed by atoms with Crippen molar-refractivity contribution in [2.45, 2.75) is 31.5 Å². The second kappa shape index (κ2) is 7.92. The number of rotatable bonds is 2. The molecule has 1 aliphatic rings. The zero-order valence-electron chi connectivity index (χ0n) is 19.2. The van der Waals surface area contributed by atoms with Crippen LogP contribution in [0.3, 0.4) is 0 Å². The highest BCUT2D eigenvalue weighted by atomic mass is 32.2. The molecule has 7 nitrogen and oxygen atoms in total. The van der Waals surface area contributed by atoms with Gasteiger partial charge in [-0.25, -0.2) is 4.21 Å². The second-order valence-corrected chi connectivity index (χ2v) is 11.9. The van der Waals surface area contributed by atoms with Gasteiger partial charge in [0.1, 0.15) is 0 Å². The summed E-state index contributed by atoms with van der Waals surface area (Å²) in [6.07, 6.45) is -1.58. The van der Waals surface area contributed by atoms with Crippen molar-refractivity contribution in [1.29, 1.82) is 0 Å². The van der Waals surface area contributed by atoms with E-state index in [0.717, 1.165) is 17.5 Å². The van der Waals surface area contributed by atoms with E-state index in [4.69, 9.17) is 5.73 Å². The van der Waals surface area contributed by atoms with E-state index < -0.39 is 32.9 Å². The van der Waals surface area contributed by atoms with Crippen molar-refractivity contribution in [1.82, 2.24) is 14.3 Å². The third-order valence-corrected chi connectivity index (χ3v) is 8.66. The van der Waals surface area contributed by atoms with Gasteiger partial charge in [0.2, 0.25) is 0 Å². The number of benzene rings is 2. The van der Waals surface area contributed by atoms with Gasteiger partial charge in [0.15, 0.2) is 5.65 Å². The molecule has 2 N–H and O–H groups in total. The lowest BCUT2D eigenvalue weighted by atomic mass is 9.97. The number of alkyl halides is 3. The molecule has 0 bridgehead atoms. The molecule has 35 heavy (non-hydrogen) atoms. The normalized spacial score (nSPS) is 23.1. The molecule has 1 amide bonds. The Labute approximate surface area is 199 Å². The number of nitrogens with two attached hydrogens (primary N) is 1. The molecule has 0 saturated carbocycles. The number of amides is 1. The van der Waals surface area contributed by atoms with Crippen LogP contribution in [0.5, 0.6) is 0 Å². The van der Waals surface area contributed by atoms with Crippen molar-refractivity contribution in [3.05, 3.63) is 59.8 Å². The quantitative estimate of drug-likeness (QED) is 0.431. The summed E-state index contributed by atoms with van der Waals surface area (Å²) in [5, 5.41) is 5.91. The van der Waals surface area contributed by atoms with E-state index in [1.54, 1.807) is 40.7 Å². The first-order valence-corrected chi connectivity index (χ1v) is 12.9. The number of halogens is 3. The predicted octanol–water partition coefficient (Wildman–Crippen LogP) is 4.66. The highest BCUT2D eigenvalue weighted by molar-refractivity contribution is 7.93. The van der Waals surface area contributed by atoms with Gasteiger partial charge in [-0.1, -0.05) is 0 Å². The van der Waals surface area contributed by atoms with Crippen LogP contribution in [-0.2, 0) is 23.0 Å². The number of aromatic nitrogens is 3. The summed E-state index contributed by atoms with van der Waals surface area (Å²) in [5.74, 6) is 0.00726. The number of nitrogens with zero attached hydrogens (tertiary/aromatic N) is 4. The SMILES string of the molecule is Cn1cc2c3cc(C(=O)N=S4(=O)CCC(C)(N)CC4)ccc3n(-c3ccc(C(F)(F)F)cc3)c2n1. The maximum absolute atomic E-state index is 13.1. The van der Waals surface area contributed by atoms with Crippen LogP contribution in [0, 0.1) is 0 Å². The maximum atomic E-state index is 13.1. The van der Waals surface area contributed by atoms with Crippen molar-refractivity contribution >= 4 is 37.6 Å². The third-order valence-electron chi connectivity index (χ3n) is 6.48. The maximum Gasteiger partial charge on any atom is 0.416 e. The molecular formula is C24H24F3N5O2S. The average Bonchev–Trinajstić information content (AvgIpc) is 3.30. The molecule has 0 radical (unpaired) electrons. The predicted molar refractivity (Wildman–Crippen MR) is 129 cm³/mol. The van der Waals surface area contributed by atoms with E-state index in [0.29, 0.717) is 35.1 Å². The minimum absolute atomic E-state index is 0.283. The fourth-order valence-corrected chi connectivity index (χ4v) is 6.76. The molecule has 0 spiro atoms. The Kier molecular flexibility index (Phi) is 5.33. The Balaban J connectivity index is 1.59. The molecule has 1 aliphatic heterocycles. The first kappa shape index (κ1) is 23.6. The highest BCUT2D eigenvalue weighted by Gasteiger charge is 2.31. The Hall–Kier alpha value is -3.18. The van der Waals surface area contributed by atoms with Gasteiger partial charge >= 0.3 is 6.18 Å². The van der Waals surface area contributed by atoms with E-state index in [-0.39, 0.29) is 17.1 Å². The lowest BCUT2D eigenvalue weighted by Crippen LogP contribution is -2.44. The molecule has 184 valence electrons. The Morgan fingerprint density at radius 3 is 2.40 bits per heavy atom. The van der Waals surface area contributed by atoms with Gasteiger partial charge in [-0.05, 0) is 62.2 Å². The molecule has 5 rings (SSSR count). The number of fused-ring (bicyclic) bond motifs is 3. The largest absolute Gasteiger partial charge is 0.416 e. The lowest BCUT2D eigenvalue weighted by molar-refractivity contribution is -0.137. The number of carbonyl (C=O) groups excluding carboxylic acids is 1. The molecular weight excluding hydrogens is 479 g/mol. The summed E-state index contributed by atoms with van der Waals surface area (Å²) in [6, 6.07) is 9.81. The average molecular weight is 504 g/mol. The molecule has 11 heteroatoms. The molecule has 0 unspecified atom stereocenters. The van der Waals surface area contributed by atoms with Crippen LogP contribution in [0.25, 0.3) is 27.6 Å². The van der Waals surface area contributed by atoms with Crippen LogP contribution in [0.1, 0.15) is 35.7 Å². The minimum Gasteiger partial charge on any atom is -0.325 e. The highest BCUT2D eigenvalue weighted by Crippen LogP contribution is 2.34. The Morgan fingerprint density at radius 2 is 1.77 bits per heavy atom.